The van der Waals surface area contributed by atoms with Crippen molar-refractivity contribution < 1.29 is 14.6 Å². The fraction of sp³-hybridized carbons (Fsp3) is 0.0833. The Bertz CT molecular complexity index is 1290. The van der Waals surface area contributed by atoms with Crippen LogP contribution in [0.4, 0.5) is 0 Å². The molecule has 2 N–H and O–H groups in total. The average Bonchev–Trinajstić information content (AvgIpc) is 2.82. The van der Waals surface area contributed by atoms with Crippen molar-refractivity contribution >= 4 is 22.5 Å². The number of carbonyl (C=O) groups is 1. The number of para-hydroxylation sites is 1. The number of aromatic hydroxyl groups is 1. The minimum atomic E-state index is -0.374. The molecule has 2 heterocycles. The van der Waals surface area contributed by atoms with Crippen LogP contribution in [-0.2, 0) is 0 Å². The number of phenols is 1. The van der Waals surface area contributed by atoms with Crippen molar-refractivity contribution in [1.82, 2.24) is 15.4 Å². The van der Waals surface area contributed by atoms with Crippen LogP contribution in [-0.4, -0.2) is 33.8 Å². The third-order valence-corrected chi connectivity index (χ3v) is 4.86. The van der Waals surface area contributed by atoms with Gasteiger partial charge in [0.2, 0.25) is 0 Å². The van der Waals surface area contributed by atoms with Crippen molar-refractivity contribution in [2.75, 3.05) is 7.11 Å². The number of hydrogen-bond donors (Lipinski definition) is 2. The molecule has 0 saturated heterocycles. The number of nitrogens with one attached hydrogen (secondary N) is 1. The highest BCUT2D eigenvalue weighted by Gasteiger charge is 2.14. The van der Waals surface area contributed by atoms with E-state index in [0.717, 1.165) is 10.9 Å². The largest absolute Gasteiger partial charge is 0.507 e. The molecule has 7 nitrogen and oxygen atoms in total. The number of benzene rings is 2. The van der Waals surface area contributed by atoms with E-state index in [-0.39, 0.29) is 11.7 Å². The van der Waals surface area contributed by atoms with Gasteiger partial charge in [0, 0.05) is 35.0 Å². The van der Waals surface area contributed by atoms with Gasteiger partial charge in [-0.1, -0.05) is 18.2 Å². The van der Waals surface area contributed by atoms with Crippen molar-refractivity contribution in [3.05, 3.63) is 84.2 Å². The molecule has 0 atom stereocenters. The summed E-state index contributed by atoms with van der Waals surface area (Å²) in [5.41, 5.74) is 6.23. The van der Waals surface area contributed by atoms with Crippen LogP contribution in [0.5, 0.6) is 11.5 Å². The standard InChI is InChI=1S/C24H20N4O3/c1-15(18-8-7-17(31-2)13-23(18)29)27-28-24(30)20-14-22(16-9-11-25-12-10-16)26-21-6-4-3-5-19(20)21/h3-14,29H,1-2H3,(H,28,30)/b27-15+. The van der Waals surface area contributed by atoms with Gasteiger partial charge in [-0.2, -0.15) is 5.10 Å². The number of rotatable bonds is 5. The maximum atomic E-state index is 13.0. The highest BCUT2D eigenvalue weighted by molar-refractivity contribution is 6.08. The summed E-state index contributed by atoms with van der Waals surface area (Å²) in [6.45, 7) is 1.70. The summed E-state index contributed by atoms with van der Waals surface area (Å²) in [4.78, 5) is 21.7. The van der Waals surface area contributed by atoms with Crippen LogP contribution >= 0.6 is 0 Å². The molecule has 0 fully saturated rings. The summed E-state index contributed by atoms with van der Waals surface area (Å²) in [5, 5.41) is 15.1. The lowest BCUT2D eigenvalue weighted by Crippen LogP contribution is -2.20. The molecule has 0 aliphatic rings. The fourth-order valence-corrected chi connectivity index (χ4v) is 3.23. The number of hydrogen-bond acceptors (Lipinski definition) is 6. The van der Waals surface area contributed by atoms with Gasteiger partial charge in [0.25, 0.3) is 5.91 Å². The number of nitrogens with zero attached hydrogens (tertiary/aromatic N) is 3. The molecule has 154 valence electrons. The number of methoxy groups -OCH3 is 1. The van der Waals surface area contributed by atoms with Crippen molar-refractivity contribution in [2.24, 2.45) is 5.10 Å². The number of ether oxygens (including phenoxy) is 1. The zero-order valence-electron chi connectivity index (χ0n) is 17.0. The third kappa shape index (κ3) is 4.20. The Morgan fingerprint density at radius 2 is 1.81 bits per heavy atom. The lowest BCUT2D eigenvalue weighted by molar-refractivity contribution is 0.0956. The lowest BCUT2D eigenvalue weighted by Gasteiger charge is -2.10. The smallest absolute Gasteiger partial charge is 0.272 e. The number of phenolic OH excluding ortho intramolecular Hbond substituents is 1. The second-order valence-corrected chi connectivity index (χ2v) is 6.83. The van der Waals surface area contributed by atoms with E-state index < -0.39 is 0 Å². The quantitative estimate of drug-likeness (QED) is 0.379. The van der Waals surface area contributed by atoms with Crippen LogP contribution < -0.4 is 10.2 Å². The summed E-state index contributed by atoms with van der Waals surface area (Å²) in [6.07, 6.45) is 3.36. The van der Waals surface area contributed by atoms with E-state index in [0.29, 0.717) is 33.8 Å². The van der Waals surface area contributed by atoms with Gasteiger partial charge >= 0.3 is 0 Å². The molecule has 0 saturated carbocycles. The number of hydrazone groups is 1. The van der Waals surface area contributed by atoms with Crippen molar-refractivity contribution in [1.29, 1.82) is 0 Å². The average molecular weight is 412 g/mol. The van der Waals surface area contributed by atoms with Crippen LogP contribution in [0.2, 0.25) is 0 Å². The van der Waals surface area contributed by atoms with E-state index in [1.54, 1.807) is 37.5 Å². The molecule has 0 radical (unpaired) electrons. The zero-order chi connectivity index (χ0) is 21.8. The fourth-order valence-electron chi connectivity index (χ4n) is 3.23. The van der Waals surface area contributed by atoms with Crippen LogP contribution in [0.25, 0.3) is 22.2 Å². The first kappa shape index (κ1) is 20.0. The molecule has 0 bridgehead atoms. The Hall–Kier alpha value is -4.26. The summed E-state index contributed by atoms with van der Waals surface area (Å²) in [5.74, 6) is 0.176. The van der Waals surface area contributed by atoms with E-state index in [2.05, 4.69) is 20.5 Å². The minimum absolute atomic E-state index is 0.0178. The normalized spacial score (nSPS) is 11.4. The Morgan fingerprint density at radius 1 is 1.03 bits per heavy atom. The van der Waals surface area contributed by atoms with Crippen LogP contribution in [0.3, 0.4) is 0 Å². The Kier molecular flexibility index (Phi) is 5.57. The van der Waals surface area contributed by atoms with Gasteiger partial charge in [0.1, 0.15) is 11.5 Å². The Labute approximate surface area is 179 Å². The van der Waals surface area contributed by atoms with Gasteiger partial charge in [-0.05, 0) is 43.3 Å². The monoisotopic (exact) mass is 412 g/mol. The van der Waals surface area contributed by atoms with E-state index in [4.69, 9.17) is 4.74 Å². The number of amides is 1. The van der Waals surface area contributed by atoms with E-state index in [9.17, 15) is 9.90 Å². The predicted octanol–water partition coefficient (Wildman–Crippen LogP) is 4.17. The van der Waals surface area contributed by atoms with Gasteiger partial charge in [0.15, 0.2) is 0 Å². The topological polar surface area (TPSA) is 96.7 Å². The minimum Gasteiger partial charge on any atom is -0.507 e. The predicted molar refractivity (Wildman–Crippen MR) is 119 cm³/mol. The highest BCUT2D eigenvalue weighted by Crippen LogP contribution is 2.25. The molecule has 4 aromatic rings. The Morgan fingerprint density at radius 3 is 2.55 bits per heavy atom. The number of carbonyl (C=O) groups excluding carboxylic acids is 1. The second-order valence-electron chi connectivity index (χ2n) is 6.83. The molecule has 31 heavy (non-hydrogen) atoms. The SMILES string of the molecule is COc1ccc(/C(C)=N/NC(=O)c2cc(-c3ccncc3)nc3ccccc23)c(O)c1. The Balaban J connectivity index is 1.68. The van der Waals surface area contributed by atoms with Gasteiger partial charge in [-0.25, -0.2) is 10.4 Å². The summed E-state index contributed by atoms with van der Waals surface area (Å²) in [7, 11) is 1.52. The first-order valence-corrected chi connectivity index (χ1v) is 9.59. The molecule has 2 aromatic heterocycles. The zero-order valence-corrected chi connectivity index (χ0v) is 17.0. The number of pyridine rings is 2. The molecule has 0 spiro atoms. The summed E-state index contributed by atoms with van der Waals surface area (Å²) < 4.78 is 5.09. The number of fused-ring (bicyclic) bond motifs is 1. The van der Waals surface area contributed by atoms with Crippen molar-refractivity contribution in [3.63, 3.8) is 0 Å². The summed E-state index contributed by atoms with van der Waals surface area (Å²) >= 11 is 0. The van der Waals surface area contributed by atoms with E-state index >= 15 is 0 Å². The van der Waals surface area contributed by atoms with Gasteiger partial charge in [0.05, 0.1) is 29.6 Å². The highest BCUT2D eigenvalue weighted by atomic mass is 16.5. The maximum Gasteiger partial charge on any atom is 0.272 e. The molecule has 0 unspecified atom stereocenters. The molecule has 2 aromatic carbocycles. The molecule has 7 heteroatoms. The van der Waals surface area contributed by atoms with Crippen molar-refractivity contribution in [3.8, 4) is 22.8 Å². The first-order chi connectivity index (χ1) is 15.1. The van der Waals surface area contributed by atoms with Gasteiger partial charge in [-0.3, -0.25) is 9.78 Å². The number of aromatic nitrogens is 2. The second kappa shape index (κ2) is 8.62. The van der Waals surface area contributed by atoms with Crippen LogP contribution in [0, 0.1) is 0 Å². The molecule has 0 aliphatic heterocycles. The molecule has 4 rings (SSSR count). The van der Waals surface area contributed by atoms with Gasteiger partial charge in [-0.15, -0.1) is 0 Å². The van der Waals surface area contributed by atoms with E-state index in [1.807, 2.05) is 36.4 Å². The molecule has 1 amide bonds. The first-order valence-electron chi connectivity index (χ1n) is 9.59. The third-order valence-electron chi connectivity index (χ3n) is 4.86. The van der Waals surface area contributed by atoms with Crippen molar-refractivity contribution in [2.45, 2.75) is 6.92 Å². The summed E-state index contributed by atoms with van der Waals surface area (Å²) in [6, 6.07) is 17.8. The van der Waals surface area contributed by atoms with E-state index in [1.165, 1.54) is 13.2 Å². The lowest BCUT2D eigenvalue weighted by atomic mass is 10.0. The molecular weight excluding hydrogens is 392 g/mol. The van der Waals surface area contributed by atoms with Crippen LogP contribution in [0.1, 0.15) is 22.8 Å². The van der Waals surface area contributed by atoms with Gasteiger partial charge < -0.3 is 9.84 Å². The molecular formula is C24H20N4O3. The van der Waals surface area contributed by atoms with Crippen LogP contribution in [0.15, 0.2) is 78.2 Å². The maximum absolute atomic E-state index is 13.0. The molecule has 0 aliphatic carbocycles.